The number of carbonyl (C=O) groups is 1. The Hall–Kier alpha value is -3.19. The summed E-state index contributed by atoms with van der Waals surface area (Å²) >= 11 is 6.13. The maximum absolute atomic E-state index is 13.5. The second-order valence-corrected chi connectivity index (χ2v) is 5.62. The highest BCUT2D eigenvalue weighted by molar-refractivity contribution is 6.35. The quantitative estimate of drug-likeness (QED) is 0.424. The molecule has 2 aromatic heterocycles. The third kappa shape index (κ3) is 3.22. The van der Waals surface area contributed by atoms with Crippen molar-refractivity contribution in [2.45, 2.75) is 0 Å². The molecule has 25 heavy (non-hydrogen) atoms. The molecule has 0 saturated carbocycles. The number of nitrogens with zero attached hydrogens (tertiary/aromatic N) is 2. The van der Waals surface area contributed by atoms with Gasteiger partial charge in [-0.25, -0.2) is 14.1 Å². The summed E-state index contributed by atoms with van der Waals surface area (Å²) in [6.45, 7) is 0. The summed E-state index contributed by atoms with van der Waals surface area (Å²) < 4.78 is 14.3. The van der Waals surface area contributed by atoms with Gasteiger partial charge in [-0.1, -0.05) is 23.7 Å². The summed E-state index contributed by atoms with van der Waals surface area (Å²) in [6.07, 6.45) is 1.34. The molecule has 0 spiro atoms. The molecule has 6 nitrogen and oxygen atoms in total. The largest absolute Gasteiger partial charge is 0.384 e. The maximum atomic E-state index is 13.5. The first-order valence-electron chi connectivity index (χ1n) is 7.11. The van der Waals surface area contributed by atoms with Crippen LogP contribution in [0, 0.1) is 5.82 Å². The average molecular weight is 359 g/mol. The smallest absolute Gasteiger partial charge is 0.268 e. The Morgan fingerprint density at radius 3 is 2.64 bits per heavy atom. The number of carbonyl (C=O) groups excluding carboxylic acids is 1. The van der Waals surface area contributed by atoms with Crippen LogP contribution in [-0.4, -0.2) is 15.4 Å². The first kappa shape index (κ1) is 16.7. The summed E-state index contributed by atoms with van der Waals surface area (Å²) in [5.74, 6) is 4.59. The third-order valence-electron chi connectivity index (χ3n) is 3.56. The van der Waals surface area contributed by atoms with Crippen LogP contribution in [0.4, 0.5) is 10.2 Å². The lowest BCUT2D eigenvalue weighted by Gasteiger charge is -2.12. The number of nitrogen functional groups attached to an aromatic ring is 2. The number of halogens is 2. The van der Waals surface area contributed by atoms with Gasteiger partial charge in [-0.15, -0.1) is 0 Å². The van der Waals surface area contributed by atoms with E-state index in [2.05, 4.69) is 4.98 Å². The molecule has 3 aromatic rings. The van der Waals surface area contributed by atoms with E-state index < -0.39 is 17.2 Å². The van der Waals surface area contributed by atoms with E-state index in [1.54, 1.807) is 0 Å². The number of benzene rings is 1. The van der Waals surface area contributed by atoms with Crippen LogP contribution >= 0.6 is 11.6 Å². The molecule has 2 heterocycles. The fourth-order valence-corrected chi connectivity index (χ4v) is 2.70. The van der Waals surface area contributed by atoms with E-state index in [0.29, 0.717) is 11.1 Å². The van der Waals surface area contributed by atoms with E-state index in [-0.39, 0.29) is 22.1 Å². The zero-order valence-corrected chi connectivity index (χ0v) is 13.5. The van der Waals surface area contributed by atoms with Crippen LogP contribution in [0.2, 0.25) is 5.15 Å². The fraction of sp³-hybridized carbons (Fsp3) is 0. The van der Waals surface area contributed by atoms with Crippen molar-refractivity contribution in [1.29, 1.82) is 0 Å². The van der Waals surface area contributed by atoms with Crippen LogP contribution in [-0.2, 0) is 0 Å². The van der Waals surface area contributed by atoms with Crippen molar-refractivity contribution in [2.75, 3.05) is 11.6 Å². The number of nitrogens with two attached hydrogens (primary N) is 2. The monoisotopic (exact) mass is 358 g/mol. The first-order chi connectivity index (χ1) is 11.9. The lowest BCUT2D eigenvalue weighted by atomic mass is 9.96. The Balaban J connectivity index is 2.24. The molecule has 3 rings (SSSR count). The molecule has 0 atom stereocenters. The SMILES string of the molecule is Nc1cc(-c2ccc(=O)n(N)c2)c(C(=O)c2cccc(F)c2)c(Cl)n1. The van der Waals surface area contributed by atoms with Crippen LogP contribution in [0.3, 0.4) is 0 Å². The molecule has 0 fully saturated rings. The Morgan fingerprint density at radius 1 is 1.20 bits per heavy atom. The van der Waals surface area contributed by atoms with E-state index in [1.165, 1.54) is 42.6 Å². The van der Waals surface area contributed by atoms with Crippen LogP contribution in [0.1, 0.15) is 15.9 Å². The van der Waals surface area contributed by atoms with E-state index >= 15 is 0 Å². The molecule has 1 aromatic carbocycles. The van der Waals surface area contributed by atoms with Crippen LogP contribution in [0.25, 0.3) is 11.1 Å². The Bertz CT molecular complexity index is 1050. The fourth-order valence-electron chi connectivity index (χ4n) is 2.41. The molecule has 0 aliphatic rings. The summed E-state index contributed by atoms with van der Waals surface area (Å²) in [5.41, 5.74) is 6.24. The Morgan fingerprint density at radius 2 is 1.96 bits per heavy atom. The molecular formula is C17H12ClFN4O2. The van der Waals surface area contributed by atoms with Gasteiger partial charge in [-0.05, 0) is 24.3 Å². The zero-order chi connectivity index (χ0) is 18.1. The normalized spacial score (nSPS) is 10.6. The topological polar surface area (TPSA) is 104 Å². The minimum atomic E-state index is -0.553. The van der Waals surface area contributed by atoms with Gasteiger partial charge in [-0.3, -0.25) is 9.59 Å². The summed E-state index contributed by atoms with van der Waals surface area (Å²) in [5, 5.41) is -0.126. The van der Waals surface area contributed by atoms with E-state index in [1.807, 2.05) is 0 Å². The number of pyridine rings is 2. The minimum Gasteiger partial charge on any atom is -0.384 e. The van der Waals surface area contributed by atoms with Gasteiger partial charge in [0.2, 0.25) is 0 Å². The van der Waals surface area contributed by atoms with Crippen molar-refractivity contribution in [3.8, 4) is 11.1 Å². The molecule has 0 saturated heterocycles. The number of anilines is 1. The number of ketones is 1. The molecular weight excluding hydrogens is 347 g/mol. The average Bonchev–Trinajstić information content (AvgIpc) is 2.56. The predicted octanol–water partition coefficient (Wildman–Crippen LogP) is 2.23. The molecule has 4 N–H and O–H groups in total. The highest BCUT2D eigenvalue weighted by Crippen LogP contribution is 2.31. The Labute approximate surface area is 146 Å². The molecule has 126 valence electrons. The maximum Gasteiger partial charge on any atom is 0.268 e. The Kier molecular flexibility index (Phi) is 4.24. The summed E-state index contributed by atoms with van der Waals surface area (Å²) in [4.78, 5) is 28.2. The molecule has 0 unspecified atom stereocenters. The van der Waals surface area contributed by atoms with Gasteiger partial charge >= 0.3 is 0 Å². The van der Waals surface area contributed by atoms with Gasteiger partial charge in [-0.2, -0.15) is 0 Å². The molecule has 0 bridgehead atoms. The second-order valence-electron chi connectivity index (χ2n) is 5.26. The van der Waals surface area contributed by atoms with Crippen LogP contribution < -0.4 is 17.1 Å². The van der Waals surface area contributed by atoms with E-state index in [4.69, 9.17) is 23.2 Å². The van der Waals surface area contributed by atoms with Gasteiger partial charge < -0.3 is 11.6 Å². The van der Waals surface area contributed by atoms with Crippen molar-refractivity contribution < 1.29 is 9.18 Å². The predicted molar refractivity (Wildman–Crippen MR) is 93.3 cm³/mol. The zero-order valence-electron chi connectivity index (χ0n) is 12.7. The lowest BCUT2D eigenvalue weighted by Crippen LogP contribution is -2.25. The highest BCUT2D eigenvalue weighted by atomic mass is 35.5. The molecule has 0 aliphatic heterocycles. The second kappa shape index (κ2) is 6.37. The highest BCUT2D eigenvalue weighted by Gasteiger charge is 2.21. The van der Waals surface area contributed by atoms with Crippen LogP contribution in [0.15, 0.2) is 53.5 Å². The molecule has 0 amide bonds. The van der Waals surface area contributed by atoms with Crippen molar-refractivity contribution >= 4 is 23.2 Å². The molecule has 0 radical (unpaired) electrons. The van der Waals surface area contributed by atoms with Gasteiger partial charge in [0.05, 0.1) is 5.56 Å². The number of aromatic nitrogens is 2. The number of hydrogen-bond donors (Lipinski definition) is 2. The van der Waals surface area contributed by atoms with Gasteiger partial charge in [0.1, 0.15) is 16.8 Å². The van der Waals surface area contributed by atoms with Crippen LogP contribution in [0.5, 0.6) is 0 Å². The first-order valence-corrected chi connectivity index (χ1v) is 7.49. The van der Waals surface area contributed by atoms with Gasteiger partial charge in [0.15, 0.2) is 5.78 Å². The van der Waals surface area contributed by atoms with Crippen molar-refractivity contribution in [3.63, 3.8) is 0 Å². The summed E-state index contributed by atoms with van der Waals surface area (Å²) in [7, 11) is 0. The summed E-state index contributed by atoms with van der Waals surface area (Å²) in [6, 6.07) is 9.38. The van der Waals surface area contributed by atoms with Crippen molar-refractivity contribution in [2.24, 2.45) is 0 Å². The molecule has 0 aliphatic carbocycles. The number of hydrogen-bond acceptors (Lipinski definition) is 5. The third-order valence-corrected chi connectivity index (χ3v) is 3.83. The van der Waals surface area contributed by atoms with Gasteiger partial charge in [0, 0.05) is 29.0 Å². The van der Waals surface area contributed by atoms with Gasteiger partial charge in [0.25, 0.3) is 5.56 Å². The van der Waals surface area contributed by atoms with E-state index in [0.717, 1.165) is 10.7 Å². The minimum absolute atomic E-state index is 0.0418. The van der Waals surface area contributed by atoms with E-state index in [9.17, 15) is 14.0 Å². The standard InChI is InChI=1S/C17H12ClFN4O2/c18-17-15(16(25)9-2-1-3-11(19)6-9)12(7-13(20)22-17)10-4-5-14(24)23(21)8-10/h1-8H,21H2,(H2,20,22). The molecule has 8 heteroatoms. The number of rotatable bonds is 3. The van der Waals surface area contributed by atoms with Crippen molar-refractivity contribution in [3.05, 3.63) is 81.1 Å². The lowest BCUT2D eigenvalue weighted by molar-refractivity contribution is 0.103. The van der Waals surface area contributed by atoms with Crippen molar-refractivity contribution in [1.82, 2.24) is 9.66 Å².